The molecule has 1 N–H and O–H groups in total. The standard InChI is InChI=1S/C24H25FN2O3/c1-24(19-11-13-20(25)14-12-19)22(29)27(23(30)26-24)15-21(28)18-9-7-17(8-10-18)16-5-3-2-4-6-16/h7-14,16H,2-6,15H2,1H3,(H,26,30). The number of imide groups is 1. The van der Waals surface area contributed by atoms with E-state index >= 15 is 0 Å². The Kier molecular flexibility index (Phi) is 5.41. The maximum atomic E-state index is 13.2. The molecule has 1 aliphatic carbocycles. The summed E-state index contributed by atoms with van der Waals surface area (Å²) in [6, 6.07) is 12.3. The summed E-state index contributed by atoms with van der Waals surface area (Å²) in [5.74, 6) is -0.698. The van der Waals surface area contributed by atoms with Crippen LogP contribution in [0.4, 0.5) is 9.18 Å². The Morgan fingerprint density at radius 3 is 2.30 bits per heavy atom. The molecule has 6 heteroatoms. The minimum absolute atomic E-state index is 0.294. The highest BCUT2D eigenvalue weighted by molar-refractivity contribution is 6.11. The van der Waals surface area contributed by atoms with E-state index in [2.05, 4.69) is 5.32 Å². The third-order valence-corrected chi connectivity index (χ3v) is 6.31. The van der Waals surface area contributed by atoms with Gasteiger partial charge in [-0.05, 0) is 48.9 Å². The minimum Gasteiger partial charge on any atom is -0.319 e. The van der Waals surface area contributed by atoms with Gasteiger partial charge in [0, 0.05) is 5.56 Å². The highest BCUT2D eigenvalue weighted by atomic mass is 19.1. The van der Waals surface area contributed by atoms with Crippen LogP contribution in [0.1, 0.15) is 66.4 Å². The predicted molar refractivity (Wildman–Crippen MR) is 111 cm³/mol. The molecule has 0 spiro atoms. The van der Waals surface area contributed by atoms with Gasteiger partial charge in [-0.1, -0.05) is 55.7 Å². The molecule has 156 valence electrons. The third-order valence-electron chi connectivity index (χ3n) is 6.31. The van der Waals surface area contributed by atoms with Crippen molar-refractivity contribution in [1.29, 1.82) is 0 Å². The van der Waals surface area contributed by atoms with Gasteiger partial charge in [0.25, 0.3) is 5.91 Å². The first kappa shape index (κ1) is 20.3. The van der Waals surface area contributed by atoms with E-state index in [0.717, 1.165) is 4.90 Å². The Hall–Kier alpha value is -3.02. The number of rotatable bonds is 5. The second kappa shape index (κ2) is 8.01. The lowest BCUT2D eigenvalue weighted by Crippen LogP contribution is -2.41. The van der Waals surface area contributed by atoms with Crippen molar-refractivity contribution in [3.63, 3.8) is 0 Å². The zero-order valence-corrected chi connectivity index (χ0v) is 17.0. The first-order valence-corrected chi connectivity index (χ1v) is 10.4. The number of halogens is 1. The van der Waals surface area contributed by atoms with E-state index in [-0.39, 0.29) is 12.3 Å². The summed E-state index contributed by atoms with van der Waals surface area (Å²) in [7, 11) is 0. The number of carbonyl (C=O) groups excluding carboxylic acids is 3. The highest BCUT2D eigenvalue weighted by Crippen LogP contribution is 2.33. The molecule has 2 fully saturated rings. The smallest absolute Gasteiger partial charge is 0.319 e. The number of ketones is 1. The van der Waals surface area contributed by atoms with Crippen LogP contribution in [0.3, 0.4) is 0 Å². The third kappa shape index (κ3) is 3.74. The lowest BCUT2D eigenvalue weighted by Gasteiger charge is -2.22. The van der Waals surface area contributed by atoms with Crippen LogP contribution in [0.15, 0.2) is 48.5 Å². The fourth-order valence-electron chi connectivity index (χ4n) is 4.43. The maximum Gasteiger partial charge on any atom is 0.325 e. The molecule has 2 aliphatic rings. The van der Waals surface area contributed by atoms with Gasteiger partial charge >= 0.3 is 6.03 Å². The SMILES string of the molecule is CC1(c2ccc(F)cc2)NC(=O)N(CC(=O)c2ccc(C3CCCCC3)cc2)C1=O. The fraction of sp³-hybridized carbons (Fsp3) is 0.375. The summed E-state index contributed by atoms with van der Waals surface area (Å²) in [5.41, 5.74) is 0.861. The van der Waals surface area contributed by atoms with Crippen molar-refractivity contribution in [2.75, 3.05) is 6.54 Å². The van der Waals surface area contributed by atoms with Crippen LogP contribution in [0.5, 0.6) is 0 Å². The van der Waals surface area contributed by atoms with Crippen LogP contribution in [-0.2, 0) is 10.3 Å². The van der Waals surface area contributed by atoms with Crippen molar-refractivity contribution in [2.24, 2.45) is 0 Å². The maximum absolute atomic E-state index is 13.2. The summed E-state index contributed by atoms with van der Waals surface area (Å²) in [6.07, 6.45) is 6.12. The molecule has 0 aromatic heterocycles. The van der Waals surface area contributed by atoms with Crippen molar-refractivity contribution in [3.05, 3.63) is 71.0 Å². The van der Waals surface area contributed by atoms with Crippen LogP contribution in [0.2, 0.25) is 0 Å². The van der Waals surface area contributed by atoms with Crippen molar-refractivity contribution in [1.82, 2.24) is 10.2 Å². The van der Waals surface area contributed by atoms with E-state index < -0.39 is 23.3 Å². The molecule has 30 heavy (non-hydrogen) atoms. The average molecular weight is 408 g/mol. The molecule has 5 nitrogen and oxygen atoms in total. The normalized spacial score (nSPS) is 22.3. The lowest BCUT2D eigenvalue weighted by molar-refractivity contribution is -0.130. The van der Waals surface area contributed by atoms with Gasteiger partial charge in [0.05, 0.1) is 6.54 Å². The predicted octanol–water partition coefficient (Wildman–Crippen LogP) is 4.52. The molecule has 2 aromatic rings. The summed E-state index contributed by atoms with van der Waals surface area (Å²) >= 11 is 0. The number of hydrogen-bond donors (Lipinski definition) is 1. The Morgan fingerprint density at radius 1 is 1.03 bits per heavy atom. The Bertz CT molecular complexity index is 965. The number of nitrogens with zero attached hydrogens (tertiary/aromatic N) is 1. The van der Waals surface area contributed by atoms with E-state index in [1.807, 2.05) is 12.1 Å². The van der Waals surface area contributed by atoms with Crippen LogP contribution >= 0.6 is 0 Å². The largest absolute Gasteiger partial charge is 0.325 e. The van der Waals surface area contributed by atoms with Crippen molar-refractivity contribution in [3.8, 4) is 0 Å². The molecule has 2 aromatic carbocycles. The first-order chi connectivity index (χ1) is 14.4. The molecule has 0 radical (unpaired) electrons. The van der Waals surface area contributed by atoms with E-state index in [9.17, 15) is 18.8 Å². The molecule has 1 saturated carbocycles. The second-order valence-corrected chi connectivity index (χ2v) is 8.33. The lowest BCUT2D eigenvalue weighted by atomic mass is 9.84. The number of Topliss-reactive ketones (excluding diaryl/α,β-unsaturated/α-hetero) is 1. The molecule has 4 rings (SSSR count). The van der Waals surface area contributed by atoms with Gasteiger partial charge in [-0.2, -0.15) is 0 Å². The number of urea groups is 1. The van der Waals surface area contributed by atoms with E-state index in [1.165, 1.54) is 61.9 Å². The van der Waals surface area contributed by atoms with Crippen molar-refractivity contribution in [2.45, 2.75) is 50.5 Å². The molecule has 1 atom stereocenters. The number of amides is 3. The Morgan fingerprint density at radius 2 is 1.67 bits per heavy atom. The molecule has 1 heterocycles. The molecule has 3 amide bonds. The van der Waals surface area contributed by atoms with Crippen molar-refractivity contribution < 1.29 is 18.8 Å². The molecule has 1 unspecified atom stereocenters. The van der Waals surface area contributed by atoms with Gasteiger partial charge in [0.2, 0.25) is 0 Å². The minimum atomic E-state index is -1.32. The quantitative estimate of drug-likeness (QED) is 0.584. The number of nitrogens with one attached hydrogen (secondary N) is 1. The zero-order valence-electron chi connectivity index (χ0n) is 17.0. The second-order valence-electron chi connectivity index (χ2n) is 8.33. The van der Waals surface area contributed by atoms with Crippen LogP contribution in [-0.4, -0.2) is 29.2 Å². The van der Waals surface area contributed by atoms with Gasteiger partial charge in [-0.15, -0.1) is 0 Å². The van der Waals surface area contributed by atoms with Crippen molar-refractivity contribution >= 4 is 17.7 Å². The van der Waals surface area contributed by atoms with Crippen LogP contribution in [0, 0.1) is 5.82 Å². The monoisotopic (exact) mass is 408 g/mol. The first-order valence-electron chi connectivity index (χ1n) is 10.4. The topological polar surface area (TPSA) is 66.5 Å². The van der Waals surface area contributed by atoms with Gasteiger partial charge < -0.3 is 5.32 Å². The van der Waals surface area contributed by atoms with E-state index in [4.69, 9.17) is 0 Å². The summed E-state index contributed by atoms with van der Waals surface area (Å²) in [5, 5.41) is 2.64. The molecule has 0 bridgehead atoms. The van der Waals surface area contributed by atoms with Crippen LogP contribution in [0.25, 0.3) is 0 Å². The highest BCUT2D eigenvalue weighted by Gasteiger charge is 2.49. The summed E-state index contributed by atoms with van der Waals surface area (Å²) in [4.78, 5) is 39.1. The Labute approximate surface area is 175 Å². The fourth-order valence-corrected chi connectivity index (χ4v) is 4.43. The van der Waals surface area contributed by atoms with Gasteiger partial charge in [0.1, 0.15) is 11.4 Å². The van der Waals surface area contributed by atoms with Gasteiger partial charge in [-0.25, -0.2) is 9.18 Å². The Balaban J connectivity index is 1.47. The number of carbonyl (C=O) groups is 3. The molecular weight excluding hydrogens is 383 g/mol. The zero-order chi connectivity index (χ0) is 21.3. The van der Waals surface area contributed by atoms with Gasteiger partial charge in [-0.3, -0.25) is 14.5 Å². The number of hydrogen-bond acceptors (Lipinski definition) is 3. The van der Waals surface area contributed by atoms with E-state index in [0.29, 0.717) is 17.0 Å². The van der Waals surface area contributed by atoms with Crippen LogP contribution < -0.4 is 5.32 Å². The van der Waals surface area contributed by atoms with E-state index in [1.54, 1.807) is 19.1 Å². The summed E-state index contributed by atoms with van der Waals surface area (Å²) in [6.45, 7) is 1.23. The van der Waals surface area contributed by atoms with Gasteiger partial charge in [0.15, 0.2) is 5.78 Å². The average Bonchev–Trinajstić information content (AvgIpc) is 2.98. The summed E-state index contributed by atoms with van der Waals surface area (Å²) < 4.78 is 13.2. The number of benzene rings is 2. The molecule has 1 aliphatic heterocycles. The molecular formula is C24H25FN2O3. The molecule has 1 saturated heterocycles.